The standard InChI is InChI=1S/2C2H4O2S2.2H3N/c2*3-2(4)1-6-5;;/h2*5H,1H2,(H,3,4);2*1H3. The van der Waals surface area contributed by atoms with Crippen LogP contribution in [0.5, 0.6) is 0 Å². The van der Waals surface area contributed by atoms with Crippen LogP contribution in [0.1, 0.15) is 0 Å². The Balaban J connectivity index is -0.0000000625. The second kappa shape index (κ2) is 18.9. The van der Waals surface area contributed by atoms with Gasteiger partial charge in [-0.15, -0.1) is 23.3 Å². The molecule has 14 heavy (non-hydrogen) atoms. The molecule has 0 amide bonds. The van der Waals surface area contributed by atoms with Gasteiger partial charge in [-0.3, -0.25) is 0 Å². The zero-order valence-corrected chi connectivity index (χ0v) is 11.2. The Hall–Kier alpha value is 0.260. The van der Waals surface area contributed by atoms with Crippen LogP contribution in [-0.4, -0.2) is 23.4 Å². The second-order valence-electron chi connectivity index (χ2n) is 1.29. The molecule has 0 aromatic carbocycles. The number of quaternary nitrogens is 2. The molecule has 6 nitrogen and oxygen atoms in total. The van der Waals surface area contributed by atoms with Gasteiger partial charge in [-0.2, -0.15) is 0 Å². The number of carboxylic acid groups (broad SMARTS) is 2. The number of carboxylic acids is 2. The zero-order valence-electron chi connectivity index (χ0n) is 7.76. The monoisotopic (exact) mass is 282 g/mol. The Labute approximate surface area is 100 Å². The molecule has 0 spiro atoms. The Bertz CT molecular complexity index is 131. The number of aliphatic carboxylic acids is 2. The van der Waals surface area contributed by atoms with Crippen molar-refractivity contribution in [3.63, 3.8) is 0 Å². The first-order valence-corrected chi connectivity index (χ1v) is 6.54. The maximum absolute atomic E-state index is 9.42. The third kappa shape index (κ3) is 39.7. The van der Waals surface area contributed by atoms with Gasteiger partial charge in [0.05, 0.1) is 11.9 Å². The van der Waals surface area contributed by atoms with Crippen LogP contribution in [-0.2, 0) is 9.59 Å². The van der Waals surface area contributed by atoms with E-state index in [1.807, 2.05) is 0 Å². The molecule has 0 heterocycles. The highest BCUT2D eigenvalue weighted by Crippen LogP contribution is 2.01. The fourth-order valence-corrected chi connectivity index (χ4v) is 0.949. The molecule has 10 heteroatoms. The van der Waals surface area contributed by atoms with Crippen LogP contribution in [0.2, 0.25) is 0 Å². The van der Waals surface area contributed by atoms with Crippen molar-refractivity contribution in [3.05, 3.63) is 0 Å². The minimum absolute atomic E-state index is 0. The van der Waals surface area contributed by atoms with E-state index in [0.29, 0.717) is 0 Å². The van der Waals surface area contributed by atoms with Crippen LogP contribution in [0.3, 0.4) is 0 Å². The summed E-state index contributed by atoms with van der Waals surface area (Å²) in [6.07, 6.45) is 0. The topological polar surface area (TPSA) is 153 Å². The maximum Gasteiger partial charge on any atom is 0.0522 e. The van der Waals surface area contributed by atoms with Gasteiger partial charge in [0.25, 0.3) is 0 Å². The maximum atomic E-state index is 9.42. The summed E-state index contributed by atoms with van der Waals surface area (Å²) in [6, 6.07) is 0. The lowest BCUT2D eigenvalue weighted by molar-refractivity contribution is -0.302. The largest absolute Gasteiger partial charge is 0.549 e. The van der Waals surface area contributed by atoms with Crippen molar-refractivity contribution in [2.45, 2.75) is 0 Å². The molecule has 0 aliphatic rings. The smallest absolute Gasteiger partial charge is 0.0522 e. The third-order valence-electron chi connectivity index (χ3n) is 0.365. The van der Waals surface area contributed by atoms with Gasteiger partial charge in [-0.05, 0) is 0 Å². The van der Waals surface area contributed by atoms with Crippen molar-refractivity contribution in [2.24, 2.45) is 0 Å². The molecule has 0 aliphatic heterocycles. The van der Waals surface area contributed by atoms with Crippen LogP contribution in [0.4, 0.5) is 0 Å². The molecule has 0 unspecified atom stereocenters. The van der Waals surface area contributed by atoms with Gasteiger partial charge >= 0.3 is 0 Å². The lowest BCUT2D eigenvalue weighted by atomic mass is 10.8. The highest BCUT2D eigenvalue weighted by Gasteiger charge is 1.76. The van der Waals surface area contributed by atoms with Gasteiger partial charge < -0.3 is 32.1 Å². The molecule has 0 saturated heterocycles. The van der Waals surface area contributed by atoms with Crippen molar-refractivity contribution in [3.8, 4) is 0 Å². The molecule has 0 atom stereocenters. The zero-order chi connectivity index (χ0) is 9.98. The van der Waals surface area contributed by atoms with E-state index in [0.717, 1.165) is 21.6 Å². The lowest BCUT2D eigenvalue weighted by Gasteiger charge is -1.91. The Morgan fingerprint density at radius 1 is 0.929 bits per heavy atom. The first-order valence-electron chi connectivity index (χ1n) is 2.47. The van der Waals surface area contributed by atoms with E-state index in [2.05, 4.69) is 23.3 Å². The van der Waals surface area contributed by atoms with Gasteiger partial charge in [0, 0.05) is 11.5 Å². The van der Waals surface area contributed by atoms with Crippen LogP contribution in [0.25, 0.3) is 0 Å². The molecule has 0 rings (SSSR count). The predicted molar refractivity (Wildman–Crippen MR) is 64.9 cm³/mol. The minimum Gasteiger partial charge on any atom is -0.549 e. The fourth-order valence-electron chi connectivity index (χ4n) is 0.105. The molecule has 0 bridgehead atoms. The average molecular weight is 282 g/mol. The SMILES string of the molecule is O=C([O-])CSS.O=C([O-])CSS.[NH4+].[NH4+]. The van der Waals surface area contributed by atoms with E-state index >= 15 is 0 Å². The predicted octanol–water partition coefficient (Wildman–Crippen LogP) is -0.619. The van der Waals surface area contributed by atoms with Gasteiger partial charge in [0.1, 0.15) is 0 Å². The molecule has 0 saturated carbocycles. The normalized spacial score (nSPS) is 7.00. The molecule has 0 fully saturated rings. The lowest BCUT2D eigenvalue weighted by Crippen LogP contribution is -2.23. The number of hydrogen-bond acceptors (Lipinski definition) is 8. The molecule has 88 valence electrons. The van der Waals surface area contributed by atoms with E-state index in [4.69, 9.17) is 0 Å². The molecule has 0 aliphatic carbocycles. The van der Waals surface area contributed by atoms with Crippen LogP contribution < -0.4 is 22.5 Å². The van der Waals surface area contributed by atoms with Crippen LogP contribution >= 0.6 is 44.9 Å². The van der Waals surface area contributed by atoms with E-state index < -0.39 is 11.9 Å². The highest BCUT2D eigenvalue weighted by atomic mass is 33.1. The van der Waals surface area contributed by atoms with Crippen molar-refractivity contribution in [1.29, 1.82) is 0 Å². The van der Waals surface area contributed by atoms with E-state index in [9.17, 15) is 19.8 Å². The number of carbonyl (C=O) groups is 2. The van der Waals surface area contributed by atoms with E-state index in [1.165, 1.54) is 0 Å². The summed E-state index contributed by atoms with van der Waals surface area (Å²) in [6.45, 7) is 0. The van der Waals surface area contributed by atoms with Crippen molar-refractivity contribution >= 4 is 56.8 Å². The summed E-state index contributed by atoms with van der Waals surface area (Å²) < 4.78 is 0. The first kappa shape index (κ1) is 23.8. The van der Waals surface area contributed by atoms with E-state index in [-0.39, 0.29) is 23.8 Å². The summed E-state index contributed by atoms with van der Waals surface area (Å²) in [5, 5.41) is 18.8. The molecule has 0 aromatic rings. The Kier molecular flexibility index (Phi) is 32.2. The molecule has 0 aromatic heterocycles. The van der Waals surface area contributed by atoms with Crippen molar-refractivity contribution in [1.82, 2.24) is 12.3 Å². The van der Waals surface area contributed by atoms with Crippen molar-refractivity contribution < 1.29 is 19.8 Å². The van der Waals surface area contributed by atoms with Crippen LogP contribution in [0, 0.1) is 0 Å². The van der Waals surface area contributed by atoms with Gasteiger partial charge in [-0.1, -0.05) is 21.6 Å². The van der Waals surface area contributed by atoms with Crippen LogP contribution in [0.15, 0.2) is 0 Å². The summed E-state index contributed by atoms with van der Waals surface area (Å²) in [5.41, 5.74) is 0. The molecule has 8 N–H and O–H groups in total. The highest BCUT2D eigenvalue weighted by molar-refractivity contribution is 8.69. The Morgan fingerprint density at radius 3 is 1.14 bits per heavy atom. The second-order valence-corrected chi connectivity index (χ2v) is 3.93. The molecule has 0 radical (unpaired) electrons. The van der Waals surface area contributed by atoms with Crippen molar-refractivity contribution in [2.75, 3.05) is 11.5 Å². The number of hydrogen-bond donors (Lipinski definition) is 4. The average Bonchev–Trinajstić information content (AvgIpc) is 1.87. The quantitative estimate of drug-likeness (QED) is 0.398. The fraction of sp³-hybridized carbons (Fsp3) is 0.500. The third-order valence-corrected chi connectivity index (χ3v) is 1.87. The summed E-state index contributed by atoms with van der Waals surface area (Å²) in [5.74, 6) is -2.23. The van der Waals surface area contributed by atoms with Gasteiger partial charge in [-0.25, -0.2) is 0 Å². The number of rotatable bonds is 4. The minimum atomic E-state index is -1.07. The molecular formula is C4H14N2O4S4. The number of carbonyl (C=O) groups excluding carboxylic acids is 2. The summed E-state index contributed by atoms with van der Waals surface area (Å²) >= 11 is 7.11. The Morgan fingerprint density at radius 2 is 1.14 bits per heavy atom. The first-order chi connectivity index (χ1) is 5.54. The summed E-state index contributed by atoms with van der Waals surface area (Å²) in [7, 11) is 1.88. The van der Waals surface area contributed by atoms with Gasteiger partial charge in [0.15, 0.2) is 0 Å². The molecular weight excluding hydrogens is 268 g/mol. The van der Waals surface area contributed by atoms with Gasteiger partial charge in [0.2, 0.25) is 0 Å². The van der Waals surface area contributed by atoms with E-state index in [1.54, 1.807) is 0 Å². The summed E-state index contributed by atoms with van der Waals surface area (Å²) in [4.78, 5) is 18.8. The number of thiol groups is 2.